The Bertz CT molecular complexity index is 1880. The molecule has 2 fully saturated rings. The van der Waals surface area contributed by atoms with E-state index in [0.717, 1.165) is 10.5 Å². The molecule has 262 valence electrons. The highest BCUT2D eigenvalue weighted by molar-refractivity contribution is 6.21. The van der Waals surface area contributed by atoms with Crippen LogP contribution in [0.5, 0.6) is 17.2 Å². The fraction of sp³-hybridized carbons (Fsp3) is 0.263. The summed E-state index contributed by atoms with van der Waals surface area (Å²) in [7, 11) is 1.55. The number of amides is 2. The highest BCUT2D eigenvalue weighted by Crippen LogP contribution is 2.41. The molecule has 0 unspecified atom stereocenters. The molecule has 0 aromatic heterocycles. The van der Waals surface area contributed by atoms with E-state index in [4.69, 9.17) is 33.2 Å². The SMILES string of the molecule is C=CCOc1ccc([C@@H]2OC[C@H]3O[C@@H](Oc4ccc(OC)cc4)[C@H](N4C(=O)c5ccccc5C4=O)[C@@H](OCc4ccccc4)[C@@H]3O2)cc1[N+](=O)[O-]. The topological polar surface area (TPSA) is 145 Å². The summed E-state index contributed by atoms with van der Waals surface area (Å²) in [5.41, 5.74) is 1.39. The molecule has 0 saturated carbocycles. The number of ether oxygens (including phenoxy) is 7. The minimum absolute atomic E-state index is 0.0274. The fourth-order valence-corrected chi connectivity index (χ4v) is 6.42. The third-order valence-electron chi connectivity index (χ3n) is 8.84. The first-order valence-electron chi connectivity index (χ1n) is 16.2. The Morgan fingerprint density at radius 2 is 1.61 bits per heavy atom. The largest absolute Gasteiger partial charge is 0.497 e. The van der Waals surface area contributed by atoms with E-state index in [1.165, 1.54) is 18.2 Å². The van der Waals surface area contributed by atoms with Crippen LogP contribution in [0.3, 0.4) is 0 Å². The molecule has 6 atom stereocenters. The van der Waals surface area contributed by atoms with E-state index < -0.39 is 53.7 Å². The first kappa shape index (κ1) is 33.9. The van der Waals surface area contributed by atoms with Crippen LogP contribution < -0.4 is 14.2 Å². The van der Waals surface area contributed by atoms with E-state index in [1.54, 1.807) is 61.7 Å². The van der Waals surface area contributed by atoms with E-state index in [1.807, 2.05) is 30.3 Å². The molecule has 2 amide bonds. The molecule has 0 aliphatic carbocycles. The second-order valence-electron chi connectivity index (χ2n) is 12.0. The maximum Gasteiger partial charge on any atom is 0.311 e. The standard InChI is InChI=1S/C38H34N2O11/c1-3-19-46-30-18-13-24(20-29(30)40(43)44)37-48-22-31-33(51-37)34(47-21-23-9-5-4-6-10-23)32(38(50-31)49-26-16-14-25(45-2)15-17-26)39-35(41)27-11-7-8-12-28(27)36(39)42/h3-18,20,31-34,37-38H,1,19,21-22H2,2H3/t31-,32-,33-,34-,37-,38-/m1/s1. The van der Waals surface area contributed by atoms with Crippen molar-refractivity contribution in [3.05, 3.63) is 142 Å². The molecule has 3 aliphatic heterocycles. The monoisotopic (exact) mass is 694 g/mol. The second kappa shape index (κ2) is 14.7. The number of benzene rings is 4. The van der Waals surface area contributed by atoms with Gasteiger partial charge in [0.1, 0.15) is 42.5 Å². The van der Waals surface area contributed by atoms with Crippen molar-refractivity contribution in [2.24, 2.45) is 0 Å². The van der Waals surface area contributed by atoms with Crippen LogP contribution in [-0.2, 0) is 25.6 Å². The first-order valence-corrected chi connectivity index (χ1v) is 16.2. The molecule has 4 aromatic carbocycles. The van der Waals surface area contributed by atoms with E-state index in [0.29, 0.717) is 17.1 Å². The number of nitro benzene ring substituents is 1. The van der Waals surface area contributed by atoms with Crippen molar-refractivity contribution in [3.8, 4) is 17.2 Å². The number of imide groups is 1. The van der Waals surface area contributed by atoms with Gasteiger partial charge in [0.05, 0.1) is 36.4 Å². The lowest BCUT2D eigenvalue weighted by atomic mass is 9.94. The summed E-state index contributed by atoms with van der Waals surface area (Å²) in [5, 5.41) is 12.0. The van der Waals surface area contributed by atoms with Crippen LogP contribution in [0.15, 0.2) is 110 Å². The minimum atomic E-state index is -1.21. The van der Waals surface area contributed by atoms with Gasteiger partial charge < -0.3 is 33.2 Å². The highest BCUT2D eigenvalue weighted by atomic mass is 16.8. The van der Waals surface area contributed by atoms with Gasteiger partial charge in [0, 0.05) is 11.6 Å². The Kier molecular flexibility index (Phi) is 9.77. The fourth-order valence-electron chi connectivity index (χ4n) is 6.42. The summed E-state index contributed by atoms with van der Waals surface area (Å²) in [6.07, 6.45) is -3.54. The molecular weight excluding hydrogens is 660 g/mol. The van der Waals surface area contributed by atoms with Crippen LogP contribution >= 0.6 is 0 Å². The van der Waals surface area contributed by atoms with Gasteiger partial charge in [0.2, 0.25) is 6.29 Å². The van der Waals surface area contributed by atoms with Crippen molar-refractivity contribution in [1.82, 2.24) is 4.90 Å². The van der Waals surface area contributed by atoms with E-state index in [-0.39, 0.29) is 42.4 Å². The summed E-state index contributed by atoms with van der Waals surface area (Å²) in [6, 6.07) is 26.0. The van der Waals surface area contributed by atoms with Gasteiger partial charge in [-0.05, 0) is 54.1 Å². The maximum absolute atomic E-state index is 14.0. The Morgan fingerprint density at radius 3 is 2.27 bits per heavy atom. The van der Waals surface area contributed by atoms with Crippen molar-refractivity contribution in [2.75, 3.05) is 20.3 Å². The molecule has 3 aliphatic rings. The summed E-state index contributed by atoms with van der Waals surface area (Å²) in [4.78, 5) is 40.6. The second-order valence-corrected chi connectivity index (χ2v) is 12.0. The Morgan fingerprint density at radius 1 is 0.922 bits per heavy atom. The third kappa shape index (κ3) is 6.79. The van der Waals surface area contributed by atoms with Crippen molar-refractivity contribution >= 4 is 17.5 Å². The van der Waals surface area contributed by atoms with Crippen LogP contribution in [0.4, 0.5) is 5.69 Å². The number of nitro groups is 1. The predicted octanol–water partition coefficient (Wildman–Crippen LogP) is 5.64. The van der Waals surface area contributed by atoms with Gasteiger partial charge in [0.25, 0.3) is 11.8 Å². The molecule has 0 bridgehead atoms. The van der Waals surface area contributed by atoms with Gasteiger partial charge in [-0.2, -0.15) is 0 Å². The van der Waals surface area contributed by atoms with Crippen LogP contribution in [0.2, 0.25) is 0 Å². The Labute approximate surface area is 293 Å². The molecule has 7 rings (SSSR count). The molecule has 13 nitrogen and oxygen atoms in total. The van der Waals surface area contributed by atoms with Crippen molar-refractivity contribution in [1.29, 1.82) is 0 Å². The van der Waals surface area contributed by atoms with E-state index >= 15 is 0 Å². The predicted molar refractivity (Wildman–Crippen MR) is 180 cm³/mol. The molecule has 13 heteroatoms. The maximum atomic E-state index is 14.0. The van der Waals surface area contributed by atoms with Crippen molar-refractivity contribution < 1.29 is 47.7 Å². The van der Waals surface area contributed by atoms with Gasteiger partial charge >= 0.3 is 5.69 Å². The summed E-state index contributed by atoms with van der Waals surface area (Å²) in [5.74, 6) is -0.00763. The number of hydrogen-bond donors (Lipinski definition) is 0. The molecule has 4 aromatic rings. The van der Waals surface area contributed by atoms with Crippen LogP contribution in [0.1, 0.15) is 38.1 Å². The molecular formula is C38H34N2O11. The number of hydrogen-bond acceptors (Lipinski definition) is 11. The number of carbonyl (C=O) groups excluding carboxylic acids is 2. The zero-order valence-corrected chi connectivity index (χ0v) is 27.5. The molecule has 0 N–H and O–H groups in total. The van der Waals surface area contributed by atoms with Gasteiger partial charge in [0.15, 0.2) is 12.0 Å². The summed E-state index contributed by atoms with van der Waals surface area (Å²) < 4.78 is 42.9. The van der Waals surface area contributed by atoms with Crippen LogP contribution in [0, 0.1) is 10.1 Å². The zero-order valence-electron chi connectivity index (χ0n) is 27.5. The first-order chi connectivity index (χ1) is 24.9. The lowest BCUT2D eigenvalue weighted by Crippen LogP contribution is -2.68. The molecule has 0 radical (unpaired) electrons. The summed E-state index contributed by atoms with van der Waals surface area (Å²) >= 11 is 0. The smallest absolute Gasteiger partial charge is 0.311 e. The quantitative estimate of drug-likeness (QED) is 0.0787. The molecule has 2 saturated heterocycles. The van der Waals surface area contributed by atoms with Crippen molar-refractivity contribution in [2.45, 2.75) is 43.5 Å². The Balaban J connectivity index is 1.27. The zero-order chi connectivity index (χ0) is 35.5. The highest BCUT2D eigenvalue weighted by Gasteiger charge is 2.57. The molecule has 51 heavy (non-hydrogen) atoms. The molecule has 3 heterocycles. The van der Waals surface area contributed by atoms with Gasteiger partial charge in [-0.25, -0.2) is 0 Å². The average molecular weight is 695 g/mol. The number of carbonyl (C=O) groups is 2. The van der Waals surface area contributed by atoms with Gasteiger partial charge in [-0.3, -0.25) is 24.6 Å². The number of rotatable bonds is 12. The van der Waals surface area contributed by atoms with Gasteiger partial charge in [-0.1, -0.05) is 55.1 Å². The minimum Gasteiger partial charge on any atom is -0.497 e. The number of methoxy groups -OCH3 is 1. The summed E-state index contributed by atoms with van der Waals surface area (Å²) in [6.45, 7) is 3.74. The van der Waals surface area contributed by atoms with Crippen molar-refractivity contribution in [3.63, 3.8) is 0 Å². The van der Waals surface area contributed by atoms with E-state index in [9.17, 15) is 19.7 Å². The van der Waals surface area contributed by atoms with Crippen LogP contribution in [0.25, 0.3) is 0 Å². The number of nitrogens with zero attached hydrogens (tertiary/aromatic N) is 2. The van der Waals surface area contributed by atoms with Crippen LogP contribution in [-0.4, -0.2) is 72.6 Å². The lowest BCUT2D eigenvalue weighted by Gasteiger charge is -2.50. The molecule has 0 spiro atoms. The lowest BCUT2D eigenvalue weighted by molar-refractivity contribution is -0.386. The number of fused-ring (bicyclic) bond motifs is 2. The Hall–Kier alpha value is -5.60. The third-order valence-corrected chi connectivity index (χ3v) is 8.84. The van der Waals surface area contributed by atoms with E-state index in [2.05, 4.69) is 6.58 Å². The average Bonchev–Trinajstić information content (AvgIpc) is 3.41. The normalized spacial score (nSPS) is 24.0. The van der Waals surface area contributed by atoms with Gasteiger partial charge in [-0.15, -0.1) is 0 Å².